The van der Waals surface area contributed by atoms with Gasteiger partial charge < -0.3 is 10.1 Å². The van der Waals surface area contributed by atoms with Gasteiger partial charge in [0.15, 0.2) is 0 Å². The van der Waals surface area contributed by atoms with Crippen LogP contribution in [0.25, 0.3) is 0 Å². The summed E-state index contributed by atoms with van der Waals surface area (Å²) in [6, 6.07) is 8.81. The van der Waals surface area contributed by atoms with E-state index in [1.807, 2.05) is 44.7 Å². The molecule has 1 aromatic rings. The highest BCUT2D eigenvalue weighted by Gasteiger charge is 2.29. The van der Waals surface area contributed by atoms with E-state index in [-0.39, 0.29) is 6.04 Å². The molecule has 0 aliphatic carbocycles. The molecule has 2 atom stereocenters. The molecule has 1 amide bonds. The monoisotopic (exact) mass is 364 g/mol. The number of amides is 1. The normalized spacial score (nSPS) is 21.4. The minimum absolute atomic E-state index is 0.287. The molecule has 4 nitrogen and oxygen atoms in total. The summed E-state index contributed by atoms with van der Waals surface area (Å²) in [5.74, 6) is 2.41. The summed E-state index contributed by atoms with van der Waals surface area (Å²) < 4.78 is 5.27. The molecular weight excluding hydrogens is 332 g/mol. The van der Waals surface area contributed by atoms with E-state index in [1.165, 1.54) is 23.5 Å². The molecule has 0 saturated carbocycles. The molecular formula is C20H32N2O2S. The SMILES string of the molecule is CC(NC1CSCC(C)(C)C1)c1ccc(NC(=O)OC(C)(C)C)cc1. The van der Waals surface area contributed by atoms with Crippen LogP contribution in [0.4, 0.5) is 10.5 Å². The number of hydrogen-bond acceptors (Lipinski definition) is 4. The van der Waals surface area contributed by atoms with Gasteiger partial charge in [-0.05, 0) is 63.0 Å². The molecule has 1 aliphatic rings. The van der Waals surface area contributed by atoms with Crippen LogP contribution in [0.2, 0.25) is 0 Å². The Morgan fingerprint density at radius 1 is 1.28 bits per heavy atom. The zero-order valence-corrected chi connectivity index (χ0v) is 17.1. The Morgan fingerprint density at radius 2 is 1.92 bits per heavy atom. The van der Waals surface area contributed by atoms with Gasteiger partial charge in [0.2, 0.25) is 0 Å². The maximum absolute atomic E-state index is 11.8. The number of carbonyl (C=O) groups excluding carboxylic acids is 1. The van der Waals surface area contributed by atoms with Crippen molar-refractivity contribution in [3.8, 4) is 0 Å². The highest BCUT2D eigenvalue weighted by molar-refractivity contribution is 7.99. The average molecular weight is 365 g/mol. The van der Waals surface area contributed by atoms with Crippen molar-refractivity contribution in [3.05, 3.63) is 29.8 Å². The van der Waals surface area contributed by atoms with Gasteiger partial charge in [-0.3, -0.25) is 5.32 Å². The molecule has 1 aliphatic heterocycles. The third-order valence-electron chi connectivity index (χ3n) is 4.15. The third kappa shape index (κ3) is 6.90. The molecule has 140 valence electrons. The fourth-order valence-corrected chi connectivity index (χ4v) is 4.38. The lowest BCUT2D eigenvalue weighted by Gasteiger charge is -2.36. The van der Waals surface area contributed by atoms with Gasteiger partial charge in [-0.1, -0.05) is 26.0 Å². The van der Waals surface area contributed by atoms with Gasteiger partial charge in [-0.15, -0.1) is 0 Å². The summed E-state index contributed by atoms with van der Waals surface area (Å²) in [5, 5.41) is 6.52. The van der Waals surface area contributed by atoms with Crippen molar-refractivity contribution in [2.24, 2.45) is 5.41 Å². The smallest absolute Gasteiger partial charge is 0.412 e. The first-order valence-corrected chi connectivity index (χ1v) is 10.1. The molecule has 5 heteroatoms. The van der Waals surface area contributed by atoms with Crippen LogP contribution in [0, 0.1) is 5.41 Å². The molecule has 0 radical (unpaired) electrons. The van der Waals surface area contributed by atoms with Gasteiger partial charge in [0.1, 0.15) is 5.60 Å². The summed E-state index contributed by atoms with van der Waals surface area (Å²) in [6.07, 6.45) is 0.788. The number of nitrogens with one attached hydrogen (secondary N) is 2. The van der Waals surface area contributed by atoms with Crippen LogP contribution in [0.3, 0.4) is 0 Å². The van der Waals surface area contributed by atoms with E-state index >= 15 is 0 Å². The maximum atomic E-state index is 11.8. The number of rotatable bonds is 4. The molecule has 25 heavy (non-hydrogen) atoms. The quantitative estimate of drug-likeness (QED) is 0.769. The Kier molecular flexibility index (Phi) is 6.44. The first kappa shape index (κ1) is 20.1. The lowest BCUT2D eigenvalue weighted by atomic mass is 9.87. The van der Waals surface area contributed by atoms with E-state index in [0.29, 0.717) is 11.5 Å². The van der Waals surface area contributed by atoms with Gasteiger partial charge in [0, 0.05) is 23.5 Å². The summed E-state index contributed by atoms with van der Waals surface area (Å²) in [4.78, 5) is 11.8. The number of anilines is 1. The fourth-order valence-electron chi connectivity index (χ4n) is 3.10. The van der Waals surface area contributed by atoms with Gasteiger partial charge in [-0.2, -0.15) is 11.8 Å². The summed E-state index contributed by atoms with van der Waals surface area (Å²) in [5.41, 5.74) is 1.89. The van der Waals surface area contributed by atoms with Crippen molar-refractivity contribution in [1.82, 2.24) is 5.32 Å². The van der Waals surface area contributed by atoms with Crippen molar-refractivity contribution in [1.29, 1.82) is 0 Å². The topological polar surface area (TPSA) is 50.4 Å². The van der Waals surface area contributed by atoms with Crippen molar-refractivity contribution >= 4 is 23.5 Å². The minimum atomic E-state index is -0.492. The number of thioether (sulfide) groups is 1. The van der Waals surface area contributed by atoms with Crippen molar-refractivity contribution < 1.29 is 9.53 Å². The number of ether oxygens (including phenoxy) is 1. The molecule has 1 aromatic carbocycles. The Morgan fingerprint density at radius 3 is 2.48 bits per heavy atom. The fraction of sp³-hybridized carbons (Fsp3) is 0.650. The van der Waals surface area contributed by atoms with Crippen LogP contribution in [-0.2, 0) is 4.74 Å². The average Bonchev–Trinajstić information content (AvgIpc) is 2.44. The second kappa shape index (κ2) is 8.00. The summed E-state index contributed by atoms with van der Waals surface area (Å²) >= 11 is 2.04. The van der Waals surface area contributed by atoms with Gasteiger partial charge in [-0.25, -0.2) is 4.79 Å². The zero-order chi connectivity index (χ0) is 18.7. The van der Waals surface area contributed by atoms with Crippen LogP contribution < -0.4 is 10.6 Å². The molecule has 2 N–H and O–H groups in total. The molecule has 1 heterocycles. The Hall–Kier alpha value is -1.20. The summed E-state index contributed by atoms with van der Waals surface area (Å²) in [7, 11) is 0. The number of benzene rings is 1. The third-order valence-corrected chi connectivity index (χ3v) is 5.78. The van der Waals surface area contributed by atoms with Crippen molar-refractivity contribution in [3.63, 3.8) is 0 Å². The molecule has 0 aromatic heterocycles. The van der Waals surface area contributed by atoms with Gasteiger partial charge >= 0.3 is 6.09 Å². The van der Waals surface area contributed by atoms with Gasteiger partial charge in [0.25, 0.3) is 0 Å². The molecule has 2 unspecified atom stereocenters. The van der Waals surface area contributed by atoms with Crippen LogP contribution in [0.1, 0.15) is 59.6 Å². The van der Waals surface area contributed by atoms with Crippen molar-refractivity contribution in [2.45, 2.75) is 65.6 Å². The van der Waals surface area contributed by atoms with Crippen LogP contribution in [0.5, 0.6) is 0 Å². The highest BCUT2D eigenvalue weighted by Crippen LogP contribution is 2.34. The first-order valence-electron chi connectivity index (χ1n) is 8.98. The van der Waals surface area contributed by atoms with Crippen LogP contribution in [0.15, 0.2) is 24.3 Å². The number of carbonyl (C=O) groups is 1. The largest absolute Gasteiger partial charge is 0.444 e. The Bertz CT molecular complexity index is 578. The lowest BCUT2D eigenvalue weighted by Crippen LogP contribution is -2.41. The predicted octanol–water partition coefficient (Wildman–Crippen LogP) is 5.22. The van der Waals surface area contributed by atoms with E-state index in [2.05, 4.69) is 43.5 Å². The molecule has 2 rings (SSSR count). The highest BCUT2D eigenvalue weighted by atomic mass is 32.2. The molecule has 1 saturated heterocycles. The Balaban J connectivity index is 1.89. The van der Waals surface area contributed by atoms with E-state index in [9.17, 15) is 4.79 Å². The first-order chi connectivity index (χ1) is 11.5. The summed E-state index contributed by atoms with van der Waals surface area (Å²) in [6.45, 7) is 12.4. The predicted molar refractivity (Wildman–Crippen MR) is 107 cm³/mol. The standard InChI is InChI=1S/C20H32N2O2S/c1-14(21-17-11-20(5,6)13-25-12-17)15-7-9-16(10-8-15)22-18(23)24-19(2,3)4/h7-10,14,17,21H,11-13H2,1-6H3,(H,22,23). The molecule has 0 bridgehead atoms. The van der Waals surface area contributed by atoms with Gasteiger partial charge in [0.05, 0.1) is 0 Å². The second-order valence-electron chi connectivity index (χ2n) is 8.72. The lowest BCUT2D eigenvalue weighted by molar-refractivity contribution is 0.0636. The number of hydrogen-bond donors (Lipinski definition) is 2. The zero-order valence-electron chi connectivity index (χ0n) is 16.3. The van der Waals surface area contributed by atoms with E-state index in [1.54, 1.807) is 0 Å². The van der Waals surface area contributed by atoms with Crippen LogP contribution in [-0.4, -0.2) is 29.2 Å². The second-order valence-corrected chi connectivity index (χ2v) is 9.75. The Labute approximate surface area is 156 Å². The van der Waals surface area contributed by atoms with E-state index in [4.69, 9.17) is 4.74 Å². The molecule has 0 spiro atoms. The molecule has 1 fully saturated rings. The van der Waals surface area contributed by atoms with E-state index in [0.717, 1.165) is 5.69 Å². The minimum Gasteiger partial charge on any atom is -0.444 e. The maximum Gasteiger partial charge on any atom is 0.412 e. The van der Waals surface area contributed by atoms with E-state index < -0.39 is 11.7 Å². The van der Waals surface area contributed by atoms with Crippen molar-refractivity contribution in [2.75, 3.05) is 16.8 Å². The van der Waals surface area contributed by atoms with Crippen LogP contribution >= 0.6 is 11.8 Å².